The molecular weight excluding hydrogens is 280 g/mol. The summed E-state index contributed by atoms with van der Waals surface area (Å²) >= 11 is 0. The summed E-state index contributed by atoms with van der Waals surface area (Å²) in [5.74, 6) is 2.01. The van der Waals surface area contributed by atoms with Gasteiger partial charge in [0.25, 0.3) is 0 Å². The standard InChI is InChI=1S/C18H18O4/c1-11(19)13-9-14(17(21-3)10-16(13)20-2)18-8-12-6-4-5-7-15(12)22-18/h4-10,12,15H,1-3H3. The summed E-state index contributed by atoms with van der Waals surface area (Å²) in [5.41, 5.74) is 1.29. The monoisotopic (exact) mass is 298 g/mol. The Balaban J connectivity index is 2.06. The van der Waals surface area contributed by atoms with Crippen molar-refractivity contribution in [2.24, 2.45) is 5.92 Å². The van der Waals surface area contributed by atoms with Crippen molar-refractivity contribution < 1.29 is 19.0 Å². The first-order valence-corrected chi connectivity index (χ1v) is 7.15. The molecule has 3 rings (SSSR count). The van der Waals surface area contributed by atoms with E-state index in [0.717, 1.165) is 11.3 Å². The highest BCUT2D eigenvalue weighted by atomic mass is 16.5. The molecule has 0 saturated carbocycles. The first-order chi connectivity index (χ1) is 10.6. The van der Waals surface area contributed by atoms with Gasteiger partial charge in [0.1, 0.15) is 23.4 Å². The number of fused-ring (bicyclic) bond motifs is 1. The number of Topliss-reactive ketones (excluding diaryl/α,β-unsaturated/α-hetero) is 1. The minimum absolute atomic E-state index is 0.00702. The van der Waals surface area contributed by atoms with Crippen LogP contribution in [0.1, 0.15) is 22.8 Å². The number of carbonyl (C=O) groups is 1. The molecule has 1 aromatic carbocycles. The number of rotatable bonds is 4. The molecule has 0 bridgehead atoms. The average molecular weight is 298 g/mol. The Bertz CT molecular complexity index is 697. The lowest BCUT2D eigenvalue weighted by Crippen LogP contribution is -2.13. The van der Waals surface area contributed by atoms with Gasteiger partial charge in [-0.2, -0.15) is 0 Å². The van der Waals surface area contributed by atoms with E-state index < -0.39 is 0 Å². The van der Waals surface area contributed by atoms with Gasteiger partial charge in [-0.1, -0.05) is 18.2 Å². The largest absolute Gasteiger partial charge is 0.496 e. The van der Waals surface area contributed by atoms with Crippen molar-refractivity contribution in [1.29, 1.82) is 0 Å². The third kappa shape index (κ3) is 2.41. The van der Waals surface area contributed by atoms with Gasteiger partial charge in [-0.25, -0.2) is 0 Å². The summed E-state index contributed by atoms with van der Waals surface area (Å²) in [6.45, 7) is 1.52. The van der Waals surface area contributed by atoms with Crippen molar-refractivity contribution in [3.63, 3.8) is 0 Å². The van der Waals surface area contributed by atoms with E-state index in [9.17, 15) is 4.79 Å². The Kier molecular flexibility index (Phi) is 3.75. The summed E-state index contributed by atoms with van der Waals surface area (Å²) in [4.78, 5) is 11.8. The fourth-order valence-electron chi connectivity index (χ4n) is 2.75. The van der Waals surface area contributed by atoms with E-state index in [1.807, 2.05) is 18.2 Å². The second-order valence-electron chi connectivity index (χ2n) is 5.27. The van der Waals surface area contributed by atoms with E-state index in [-0.39, 0.29) is 17.8 Å². The van der Waals surface area contributed by atoms with E-state index in [1.165, 1.54) is 14.0 Å². The predicted molar refractivity (Wildman–Crippen MR) is 84.2 cm³/mol. The number of benzene rings is 1. The molecule has 0 aromatic heterocycles. The molecule has 0 saturated heterocycles. The van der Waals surface area contributed by atoms with Gasteiger partial charge in [0.2, 0.25) is 0 Å². The van der Waals surface area contributed by atoms with Crippen LogP contribution in [0.2, 0.25) is 0 Å². The lowest BCUT2D eigenvalue weighted by atomic mass is 9.98. The Hall–Kier alpha value is -2.49. The van der Waals surface area contributed by atoms with Crippen LogP contribution in [0, 0.1) is 5.92 Å². The molecule has 22 heavy (non-hydrogen) atoms. The van der Waals surface area contributed by atoms with E-state index >= 15 is 0 Å². The zero-order valence-corrected chi connectivity index (χ0v) is 12.8. The maximum absolute atomic E-state index is 11.8. The van der Waals surface area contributed by atoms with Crippen LogP contribution in [0.5, 0.6) is 11.5 Å². The number of ether oxygens (including phenoxy) is 3. The fourth-order valence-corrected chi connectivity index (χ4v) is 2.75. The molecule has 1 heterocycles. The van der Waals surface area contributed by atoms with Crippen molar-refractivity contribution >= 4 is 11.5 Å². The van der Waals surface area contributed by atoms with E-state index in [4.69, 9.17) is 14.2 Å². The number of hydrogen-bond acceptors (Lipinski definition) is 4. The van der Waals surface area contributed by atoms with Crippen LogP contribution in [0.25, 0.3) is 5.76 Å². The van der Waals surface area contributed by atoms with Crippen LogP contribution in [0.15, 0.2) is 42.5 Å². The molecule has 0 amide bonds. The molecule has 114 valence electrons. The summed E-state index contributed by atoms with van der Waals surface area (Å²) in [7, 11) is 3.13. The fraction of sp³-hybridized carbons (Fsp3) is 0.278. The highest BCUT2D eigenvalue weighted by Crippen LogP contribution is 2.40. The van der Waals surface area contributed by atoms with Crippen molar-refractivity contribution in [3.8, 4) is 11.5 Å². The summed E-state index contributed by atoms with van der Waals surface area (Å²) in [6, 6.07) is 3.50. The minimum atomic E-state index is -0.0587. The van der Waals surface area contributed by atoms with E-state index in [1.54, 1.807) is 19.2 Å². The molecular formula is C18H18O4. The Morgan fingerprint density at radius 2 is 1.82 bits per heavy atom. The van der Waals surface area contributed by atoms with Crippen LogP contribution in [-0.2, 0) is 4.74 Å². The van der Waals surface area contributed by atoms with E-state index in [0.29, 0.717) is 17.1 Å². The molecule has 4 nitrogen and oxygen atoms in total. The Labute approximate surface area is 129 Å². The molecule has 0 radical (unpaired) electrons. The number of hydrogen-bond donors (Lipinski definition) is 0. The number of ketones is 1. The van der Waals surface area contributed by atoms with Gasteiger partial charge in [0.15, 0.2) is 5.78 Å². The number of allylic oxidation sites excluding steroid dienone is 2. The van der Waals surface area contributed by atoms with Crippen molar-refractivity contribution in [3.05, 3.63) is 53.6 Å². The predicted octanol–water partition coefficient (Wildman–Crippen LogP) is 3.39. The van der Waals surface area contributed by atoms with E-state index in [2.05, 4.69) is 12.2 Å². The smallest absolute Gasteiger partial charge is 0.163 e. The zero-order chi connectivity index (χ0) is 15.7. The van der Waals surface area contributed by atoms with Gasteiger partial charge >= 0.3 is 0 Å². The molecule has 0 N–H and O–H groups in total. The summed E-state index contributed by atoms with van der Waals surface area (Å²) in [6.07, 6.45) is 10.2. The highest BCUT2D eigenvalue weighted by molar-refractivity contribution is 5.98. The van der Waals surface area contributed by atoms with Gasteiger partial charge in [-0.05, 0) is 25.1 Å². The Morgan fingerprint density at radius 1 is 1.09 bits per heavy atom. The van der Waals surface area contributed by atoms with Crippen LogP contribution in [-0.4, -0.2) is 26.1 Å². The topological polar surface area (TPSA) is 44.8 Å². The molecule has 1 aliphatic carbocycles. The van der Waals surface area contributed by atoms with Gasteiger partial charge < -0.3 is 14.2 Å². The number of methoxy groups -OCH3 is 2. The van der Waals surface area contributed by atoms with Crippen LogP contribution in [0.4, 0.5) is 0 Å². The third-order valence-electron chi connectivity index (χ3n) is 3.90. The highest BCUT2D eigenvalue weighted by Gasteiger charge is 2.29. The second kappa shape index (κ2) is 5.72. The van der Waals surface area contributed by atoms with Crippen molar-refractivity contribution in [1.82, 2.24) is 0 Å². The molecule has 0 fully saturated rings. The quantitative estimate of drug-likeness (QED) is 0.799. The SMILES string of the molecule is COc1cc(OC)c(C2=CC3C=CC=CC3O2)cc1C(C)=O. The van der Waals surface area contributed by atoms with Gasteiger partial charge in [0, 0.05) is 12.0 Å². The van der Waals surface area contributed by atoms with Gasteiger partial charge in [0.05, 0.1) is 25.3 Å². The zero-order valence-electron chi connectivity index (χ0n) is 12.8. The van der Waals surface area contributed by atoms with Crippen molar-refractivity contribution in [2.45, 2.75) is 13.0 Å². The number of carbonyl (C=O) groups excluding carboxylic acids is 1. The maximum atomic E-state index is 11.8. The van der Waals surface area contributed by atoms with Gasteiger partial charge in [-0.3, -0.25) is 4.79 Å². The lowest BCUT2D eigenvalue weighted by Gasteiger charge is -2.17. The normalized spacial score (nSPS) is 21.9. The molecule has 1 aliphatic heterocycles. The minimum Gasteiger partial charge on any atom is -0.496 e. The maximum Gasteiger partial charge on any atom is 0.163 e. The second-order valence-corrected chi connectivity index (χ2v) is 5.27. The summed E-state index contributed by atoms with van der Waals surface area (Å²) in [5, 5.41) is 0. The molecule has 2 atom stereocenters. The average Bonchev–Trinajstić information content (AvgIpc) is 2.97. The molecule has 1 aromatic rings. The van der Waals surface area contributed by atoms with Crippen LogP contribution < -0.4 is 9.47 Å². The molecule has 2 aliphatic rings. The van der Waals surface area contributed by atoms with Crippen LogP contribution >= 0.6 is 0 Å². The molecule has 4 heteroatoms. The lowest BCUT2D eigenvalue weighted by molar-refractivity contribution is 0.101. The first kappa shape index (κ1) is 14.4. The summed E-state index contributed by atoms with van der Waals surface area (Å²) < 4.78 is 16.7. The third-order valence-corrected chi connectivity index (χ3v) is 3.90. The molecule has 0 spiro atoms. The van der Waals surface area contributed by atoms with Crippen molar-refractivity contribution in [2.75, 3.05) is 14.2 Å². The molecule has 2 unspecified atom stereocenters. The van der Waals surface area contributed by atoms with Gasteiger partial charge in [-0.15, -0.1) is 0 Å². The first-order valence-electron chi connectivity index (χ1n) is 7.15. The Morgan fingerprint density at radius 3 is 2.45 bits per heavy atom. The van der Waals surface area contributed by atoms with Crippen LogP contribution in [0.3, 0.4) is 0 Å².